The number of carbonyl (C=O) groups excluding carboxylic acids is 2. The van der Waals surface area contributed by atoms with E-state index in [0.29, 0.717) is 16.4 Å². The van der Waals surface area contributed by atoms with Crippen molar-refractivity contribution in [3.8, 4) is 5.69 Å². The lowest BCUT2D eigenvalue weighted by molar-refractivity contribution is -0.116. The van der Waals surface area contributed by atoms with E-state index < -0.39 is 0 Å². The quantitative estimate of drug-likeness (QED) is 0.645. The van der Waals surface area contributed by atoms with Gasteiger partial charge >= 0.3 is 0 Å². The second kappa shape index (κ2) is 8.49. The van der Waals surface area contributed by atoms with Gasteiger partial charge in [-0.05, 0) is 62.7 Å². The molecule has 150 valence electrons. The second-order valence-corrected chi connectivity index (χ2v) is 7.43. The van der Waals surface area contributed by atoms with Crippen molar-refractivity contribution in [1.82, 2.24) is 9.78 Å². The molecule has 2 amide bonds. The topological polar surface area (TPSA) is 76.0 Å². The summed E-state index contributed by atoms with van der Waals surface area (Å²) in [6, 6.07) is 12.9. The van der Waals surface area contributed by atoms with Crippen LogP contribution in [0.4, 0.5) is 11.4 Å². The van der Waals surface area contributed by atoms with E-state index in [1.165, 1.54) is 6.92 Å². The van der Waals surface area contributed by atoms with Crippen LogP contribution in [-0.2, 0) is 16.0 Å². The largest absolute Gasteiger partial charge is 0.325 e. The second-order valence-electron chi connectivity index (χ2n) is 6.99. The fourth-order valence-electron chi connectivity index (χ4n) is 3.18. The first-order chi connectivity index (χ1) is 13.7. The Balaban J connectivity index is 1.82. The fourth-order valence-corrected chi connectivity index (χ4v) is 3.31. The van der Waals surface area contributed by atoms with Gasteiger partial charge in [-0.2, -0.15) is 5.10 Å². The van der Waals surface area contributed by atoms with Gasteiger partial charge in [-0.25, -0.2) is 4.68 Å². The van der Waals surface area contributed by atoms with E-state index in [0.717, 1.165) is 28.2 Å². The zero-order valence-electron chi connectivity index (χ0n) is 16.8. The van der Waals surface area contributed by atoms with Gasteiger partial charge in [-0.15, -0.1) is 0 Å². The highest BCUT2D eigenvalue weighted by molar-refractivity contribution is 6.30. The van der Waals surface area contributed by atoms with Crippen LogP contribution in [0.2, 0.25) is 5.02 Å². The number of rotatable bonds is 5. The molecule has 0 atom stereocenters. The molecule has 0 aliphatic rings. The number of nitrogens with zero attached hydrogens (tertiary/aromatic N) is 2. The summed E-state index contributed by atoms with van der Waals surface area (Å²) < 4.78 is 1.81. The van der Waals surface area contributed by atoms with Crippen molar-refractivity contribution in [3.63, 3.8) is 0 Å². The van der Waals surface area contributed by atoms with E-state index in [2.05, 4.69) is 15.7 Å². The first-order valence-electron chi connectivity index (χ1n) is 9.23. The van der Waals surface area contributed by atoms with E-state index in [9.17, 15) is 9.59 Å². The monoisotopic (exact) mass is 410 g/mol. The third-order valence-corrected chi connectivity index (χ3v) is 4.86. The van der Waals surface area contributed by atoms with Gasteiger partial charge < -0.3 is 10.6 Å². The Morgan fingerprint density at radius 2 is 1.69 bits per heavy atom. The van der Waals surface area contributed by atoms with Crippen LogP contribution < -0.4 is 10.6 Å². The van der Waals surface area contributed by atoms with Crippen LogP contribution >= 0.6 is 11.6 Å². The molecule has 29 heavy (non-hydrogen) atoms. The Morgan fingerprint density at radius 1 is 1.00 bits per heavy atom. The molecule has 2 N–H and O–H groups in total. The van der Waals surface area contributed by atoms with E-state index in [1.807, 2.05) is 49.7 Å². The molecule has 0 radical (unpaired) electrons. The first kappa shape index (κ1) is 20.6. The zero-order chi connectivity index (χ0) is 21.1. The van der Waals surface area contributed by atoms with Crippen molar-refractivity contribution in [2.45, 2.75) is 34.1 Å². The van der Waals surface area contributed by atoms with Gasteiger partial charge in [0.25, 0.3) is 0 Å². The predicted molar refractivity (Wildman–Crippen MR) is 116 cm³/mol. The number of anilines is 2. The molecule has 0 saturated heterocycles. The molecule has 2 aromatic carbocycles. The van der Waals surface area contributed by atoms with Crippen LogP contribution in [0.3, 0.4) is 0 Å². The van der Waals surface area contributed by atoms with Crippen LogP contribution in [0.15, 0.2) is 42.5 Å². The molecule has 0 aliphatic heterocycles. The van der Waals surface area contributed by atoms with Gasteiger partial charge in [-0.1, -0.05) is 17.7 Å². The maximum Gasteiger partial charge on any atom is 0.228 e. The van der Waals surface area contributed by atoms with E-state index >= 15 is 0 Å². The Kier molecular flexibility index (Phi) is 6.03. The molecule has 3 rings (SSSR count). The molecule has 0 unspecified atom stereocenters. The van der Waals surface area contributed by atoms with Crippen molar-refractivity contribution in [1.29, 1.82) is 0 Å². The van der Waals surface area contributed by atoms with Gasteiger partial charge in [0.2, 0.25) is 11.8 Å². The molecule has 6 nitrogen and oxygen atoms in total. The number of halogens is 1. The highest BCUT2D eigenvalue weighted by Crippen LogP contribution is 2.25. The van der Waals surface area contributed by atoms with Crippen LogP contribution in [0.25, 0.3) is 5.69 Å². The van der Waals surface area contributed by atoms with Crippen LogP contribution in [0, 0.1) is 20.8 Å². The van der Waals surface area contributed by atoms with Crippen LogP contribution in [-0.4, -0.2) is 21.6 Å². The normalized spacial score (nSPS) is 10.7. The summed E-state index contributed by atoms with van der Waals surface area (Å²) in [5.41, 5.74) is 5.56. The van der Waals surface area contributed by atoms with Crippen molar-refractivity contribution in [2.75, 3.05) is 10.6 Å². The summed E-state index contributed by atoms with van der Waals surface area (Å²) in [6.45, 7) is 7.19. The summed E-state index contributed by atoms with van der Waals surface area (Å²) in [5, 5.41) is 10.9. The Labute approximate surface area is 174 Å². The highest BCUT2D eigenvalue weighted by Gasteiger charge is 2.17. The molecule has 0 aliphatic carbocycles. The molecule has 1 heterocycles. The molecule has 1 aromatic heterocycles. The third-order valence-electron chi connectivity index (χ3n) is 4.61. The standard InChI is InChI=1S/C22H23ClN4O2/c1-13-5-10-20(24-16(4)28)21(11-13)25-22(29)12-19-14(2)26-27(15(19)3)18-8-6-17(23)7-9-18/h5-11H,12H2,1-4H3,(H,24,28)(H,25,29). The van der Waals surface area contributed by atoms with Crippen molar-refractivity contribution in [2.24, 2.45) is 0 Å². The number of hydrogen-bond donors (Lipinski definition) is 2. The SMILES string of the molecule is CC(=O)Nc1ccc(C)cc1NC(=O)Cc1c(C)nn(-c2ccc(Cl)cc2)c1C. The average Bonchev–Trinajstić information content (AvgIpc) is 2.92. The lowest BCUT2D eigenvalue weighted by Crippen LogP contribution is -2.17. The lowest BCUT2D eigenvalue weighted by Gasteiger charge is -2.12. The van der Waals surface area contributed by atoms with Gasteiger partial charge in [0.05, 0.1) is 29.2 Å². The maximum absolute atomic E-state index is 12.7. The number of nitrogens with one attached hydrogen (secondary N) is 2. The molecular formula is C22H23ClN4O2. The number of aromatic nitrogens is 2. The van der Waals surface area contributed by atoms with Crippen molar-refractivity contribution >= 4 is 34.8 Å². The molecule has 3 aromatic rings. The van der Waals surface area contributed by atoms with Crippen LogP contribution in [0.5, 0.6) is 0 Å². The molecule has 0 saturated carbocycles. The lowest BCUT2D eigenvalue weighted by atomic mass is 10.1. The summed E-state index contributed by atoms with van der Waals surface area (Å²) in [7, 11) is 0. The number of carbonyl (C=O) groups is 2. The smallest absolute Gasteiger partial charge is 0.228 e. The molecule has 0 fully saturated rings. The predicted octanol–water partition coefficient (Wildman–Crippen LogP) is 4.59. The minimum atomic E-state index is -0.194. The highest BCUT2D eigenvalue weighted by atomic mass is 35.5. The van der Waals surface area contributed by atoms with Crippen molar-refractivity contribution < 1.29 is 9.59 Å². The zero-order valence-corrected chi connectivity index (χ0v) is 17.6. The molecule has 7 heteroatoms. The fraction of sp³-hybridized carbons (Fsp3) is 0.227. The van der Waals surface area contributed by atoms with Gasteiger partial charge in [-0.3, -0.25) is 9.59 Å². The third kappa shape index (κ3) is 4.84. The van der Waals surface area contributed by atoms with Gasteiger partial charge in [0, 0.05) is 23.2 Å². The number of benzene rings is 2. The minimum Gasteiger partial charge on any atom is -0.325 e. The van der Waals surface area contributed by atoms with E-state index in [4.69, 9.17) is 11.6 Å². The summed E-state index contributed by atoms with van der Waals surface area (Å²) in [6.07, 6.45) is 0.179. The Morgan fingerprint density at radius 3 is 2.34 bits per heavy atom. The van der Waals surface area contributed by atoms with Crippen molar-refractivity contribution in [3.05, 3.63) is 70.0 Å². The number of amides is 2. The number of hydrogen-bond acceptors (Lipinski definition) is 3. The minimum absolute atomic E-state index is 0.177. The van der Waals surface area contributed by atoms with Crippen LogP contribution in [0.1, 0.15) is 29.4 Å². The molecule has 0 bridgehead atoms. The Bertz CT molecular complexity index is 1070. The number of aryl methyl sites for hydroxylation is 2. The summed E-state index contributed by atoms with van der Waals surface area (Å²) in [5.74, 6) is -0.371. The first-order valence-corrected chi connectivity index (χ1v) is 9.61. The molecule has 0 spiro atoms. The van der Waals surface area contributed by atoms with E-state index in [-0.39, 0.29) is 18.2 Å². The van der Waals surface area contributed by atoms with Gasteiger partial charge in [0.15, 0.2) is 0 Å². The van der Waals surface area contributed by atoms with E-state index in [1.54, 1.807) is 18.2 Å². The maximum atomic E-state index is 12.7. The summed E-state index contributed by atoms with van der Waals surface area (Å²) >= 11 is 5.97. The van der Waals surface area contributed by atoms with Gasteiger partial charge in [0.1, 0.15) is 0 Å². The Hall–Kier alpha value is -3.12. The average molecular weight is 411 g/mol. The molecular weight excluding hydrogens is 388 g/mol. The summed E-state index contributed by atoms with van der Waals surface area (Å²) in [4.78, 5) is 24.2.